The van der Waals surface area contributed by atoms with Crippen molar-refractivity contribution in [1.82, 2.24) is 0 Å². The molecule has 1 amide bonds. The van der Waals surface area contributed by atoms with Crippen molar-refractivity contribution in [2.75, 3.05) is 5.32 Å². The van der Waals surface area contributed by atoms with Crippen LogP contribution in [0.2, 0.25) is 0 Å². The van der Waals surface area contributed by atoms with Gasteiger partial charge in [-0.05, 0) is 26.0 Å². The summed E-state index contributed by atoms with van der Waals surface area (Å²) in [4.78, 5) is 12.1. The van der Waals surface area contributed by atoms with Gasteiger partial charge in [-0.25, -0.2) is 0 Å². The third-order valence-corrected chi connectivity index (χ3v) is 3.36. The molecule has 0 heterocycles. The molecule has 2 atom stereocenters. The van der Waals surface area contributed by atoms with Gasteiger partial charge < -0.3 is 10.6 Å². The Hall–Kier alpha value is -2.13. The SMILES string of the molecule is C[C@H]([NH2+][C@H](C)C(=O)Nc1ccccc1)c1ccccc1. The van der Waals surface area contributed by atoms with Gasteiger partial charge >= 0.3 is 0 Å². The fraction of sp³-hybridized carbons (Fsp3) is 0.235. The predicted molar refractivity (Wildman–Crippen MR) is 81.3 cm³/mol. The summed E-state index contributed by atoms with van der Waals surface area (Å²) in [5, 5.41) is 5.01. The van der Waals surface area contributed by atoms with E-state index in [0.717, 1.165) is 5.69 Å². The Morgan fingerprint density at radius 2 is 1.50 bits per heavy atom. The summed E-state index contributed by atoms with van der Waals surface area (Å²) in [5.74, 6) is 0.0268. The lowest BCUT2D eigenvalue weighted by Gasteiger charge is -2.16. The van der Waals surface area contributed by atoms with Gasteiger partial charge in [0, 0.05) is 11.3 Å². The lowest BCUT2D eigenvalue weighted by atomic mass is 10.1. The van der Waals surface area contributed by atoms with E-state index < -0.39 is 0 Å². The maximum absolute atomic E-state index is 12.1. The van der Waals surface area contributed by atoms with Gasteiger partial charge in [0.2, 0.25) is 0 Å². The second-order valence-corrected chi connectivity index (χ2v) is 5.04. The molecule has 0 aliphatic rings. The quantitative estimate of drug-likeness (QED) is 0.860. The van der Waals surface area contributed by atoms with E-state index in [1.165, 1.54) is 5.56 Å². The lowest BCUT2D eigenvalue weighted by molar-refractivity contribution is -0.709. The molecule has 2 aromatic rings. The van der Waals surface area contributed by atoms with Gasteiger partial charge in [-0.15, -0.1) is 0 Å². The molecule has 0 unspecified atom stereocenters. The smallest absolute Gasteiger partial charge is 0.282 e. The van der Waals surface area contributed by atoms with Crippen LogP contribution in [0.15, 0.2) is 60.7 Å². The van der Waals surface area contributed by atoms with Crippen LogP contribution in [0, 0.1) is 0 Å². The van der Waals surface area contributed by atoms with Gasteiger partial charge in [-0.3, -0.25) is 4.79 Å². The first-order valence-electron chi connectivity index (χ1n) is 6.92. The van der Waals surface area contributed by atoms with Crippen LogP contribution in [0.1, 0.15) is 25.5 Å². The molecular formula is C17H21N2O+. The van der Waals surface area contributed by atoms with Crippen LogP contribution in [-0.4, -0.2) is 11.9 Å². The van der Waals surface area contributed by atoms with E-state index in [1.807, 2.05) is 55.5 Å². The molecule has 0 spiro atoms. The summed E-state index contributed by atoms with van der Waals surface area (Å²) in [5.41, 5.74) is 2.07. The Bertz CT molecular complexity index is 539. The Labute approximate surface area is 120 Å². The summed E-state index contributed by atoms with van der Waals surface area (Å²) < 4.78 is 0. The third kappa shape index (κ3) is 3.93. The Morgan fingerprint density at radius 1 is 0.950 bits per heavy atom. The molecule has 0 fully saturated rings. The molecule has 0 aromatic heterocycles. The maximum Gasteiger partial charge on any atom is 0.282 e. The number of quaternary nitrogens is 1. The number of carbonyl (C=O) groups is 1. The normalized spacial score (nSPS) is 13.5. The van der Waals surface area contributed by atoms with Crippen LogP contribution < -0.4 is 10.6 Å². The molecule has 20 heavy (non-hydrogen) atoms. The molecule has 104 valence electrons. The Morgan fingerprint density at radius 3 is 2.10 bits per heavy atom. The average Bonchev–Trinajstić information content (AvgIpc) is 2.49. The molecule has 2 rings (SSSR count). The van der Waals surface area contributed by atoms with Gasteiger partial charge in [-0.2, -0.15) is 0 Å². The fourth-order valence-electron chi connectivity index (χ4n) is 2.17. The first-order valence-corrected chi connectivity index (χ1v) is 6.92. The van der Waals surface area contributed by atoms with Crippen molar-refractivity contribution in [3.63, 3.8) is 0 Å². The molecular weight excluding hydrogens is 248 g/mol. The van der Waals surface area contributed by atoms with Gasteiger partial charge in [0.05, 0.1) is 0 Å². The first kappa shape index (κ1) is 14.3. The molecule has 0 saturated carbocycles. The number of amides is 1. The molecule has 3 N–H and O–H groups in total. The van der Waals surface area contributed by atoms with E-state index in [1.54, 1.807) is 0 Å². The largest absolute Gasteiger partial charge is 0.330 e. The summed E-state index contributed by atoms with van der Waals surface area (Å²) in [6.45, 7) is 4.04. The number of rotatable bonds is 5. The lowest BCUT2D eigenvalue weighted by Crippen LogP contribution is -2.91. The van der Waals surface area contributed by atoms with E-state index in [2.05, 4.69) is 29.7 Å². The van der Waals surface area contributed by atoms with Crippen molar-refractivity contribution in [2.45, 2.75) is 25.9 Å². The zero-order valence-electron chi connectivity index (χ0n) is 11.9. The summed E-state index contributed by atoms with van der Waals surface area (Å²) in [7, 11) is 0. The summed E-state index contributed by atoms with van der Waals surface area (Å²) in [6, 6.07) is 19.9. The highest BCUT2D eigenvalue weighted by Crippen LogP contribution is 2.08. The molecule has 0 aliphatic carbocycles. The van der Waals surface area contributed by atoms with Crippen LogP contribution in [0.4, 0.5) is 5.69 Å². The average molecular weight is 269 g/mol. The minimum atomic E-state index is -0.134. The van der Waals surface area contributed by atoms with E-state index in [9.17, 15) is 4.79 Å². The highest BCUT2D eigenvalue weighted by Gasteiger charge is 2.20. The molecule has 3 nitrogen and oxygen atoms in total. The minimum Gasteiger partial charge on any atom is -0.330 e. The van der Waals surface area contributed by atoms with Crippen molar-refractivity contribution < 1.29 is 10.1 Å². The number of nitrogens with one attached hydrogen (secondary N) is 1. The zero-order chi connectivity index (χ0) is 14.4. The highest BCUT2D eigenvalue weighted by atomic mass is 16.2. The molecule has 0 bridgehead atoms. The number of benzene rings is 2. The second-order valence-electron chi connectivity index (χ2n) is 5.04. The minimum absolute atomic E-state index is 0.0268. The van der Waals surface area contributed by atoms with Crippen molar-refractivity contribution in [3.8, 4) is 0 Å². The van der Waals surface area contributed by atoms with Crippen LogP contribution in [0.5, 0.6) is 0 Å². The monoisotopic (exact) mass is 269 g/mol. The zero-order valence-corrected chi connectivity index (χ0v) is 11.9. The first-order chi connectivity index (χ1) is 9.66. The third-order valence-electron chi connectivity index (χ3n) is 3.36. The molecule has 3 heteroatoms. The fourth-order valence-corrected chi connectivity index (χ4v) is 2.17. The van der Waals surface area contributed by atoms with Gasteiger partial charge in [0.25, 0.3) is 5.91 Å². The van der Waals surface area contributed by atoms with Crippen LogP contribution in [-0.2, 0) is 4.79 Å². The number of hydrogen-bond donors (Lipinski definition) is 2. The van der Waals surface area contributed by atoms with Crippen molar-refractivity contribution in [3.05, 3.63) is 66.2 Å². The summed E-state index contributed by atoms with van der Waals surface area (Å²) in [6.07, 6.45) is 0. The Balaban J connectivity index is 1.91. The highest BCUT2D eigenvalue weighted by molar-refractivity contribution is 5.93. The summed E-state index contributed by atoms with van der Waals surface area (Å²) >= 11 is 0. The van der Waals surface area contributed by atoms with Gasteiger partial charge in [0.1, 0.15) is 6.04 Å². The van der Waals surface area contributed by atoms with E-state index in [4.69, 9.17) is 0 Å². The number of anilines is 1. The van der Waals surface area contributed by atoms with E-state index in [-0.39, 0.29) is 18.0 Å². The standard InChI is InChI=1S/C17H20N2O/c1-13(15-9-5-3-6-10-15)18-14(2)17(20)19-16-11-7-4-8-12-16/h3-14,18H,1-2H3,(H,19,20)/p+1/t13-,14+/m0/s1. The van der Waals surface area contributed by atoms with Crippen LogP contribution in [0.3, 0.4) is 0 Å². The molecule has 0 saturated heterocycles. The molecule has 2 aromatic carbocycles. The maximum atomic E-state index is 12.1. The molecule has 0 aliphatic heterocycles. The Kier molecular flexibility index (Phi) is 4.91. The number of hydrogen-bond acceptors (Lipinski definition) is 1. The van der Waals surface area contributed by atoms with Crippen LogP contribution >= 0.6 is 0 Å². The van der Waals surface area contributed by atoms with Gasteiger partial charge in [0.15, 0.2) is 6.04 Å². The predicted octanol–water partition coefficient (Wildman–Crippen LogP) is 2.34. The number of para-hydroxylation sites is 1. The van der Waals surface area contributed by atoms with Crippen molar-refractivity contribution in [2.24, 2.45) is 0 Å². The number of carbonyl (C=O) groups excluding carboxylic acids is 1. The van der Waals surface area contributed by atoms with Crippen molar-refractivity contribution in [1.29, 1.82) is 0 Å². The van der Waals surface area contributed by atoms with E-state index >= 15 is 0 Å². The van der Waals surface area contributed by atoms with E-state index in [0.29, 0.717) is 0 Å². The topological polar surface area (TPSA) is 45.7 Å². The van der Waals surface area contributed by atoms with Crippen LogP contribution in [0.25, 0.3) is 0 Å². The molecule has 0 radical (unpaired) electrons. The van der Waals surface area contributed by atoms with Gasteiger partial charge in [-0.1, -0.05) is 48.5 Å². The number of nitrogens with two attached hydrogens (primary N) is 1. The second kappa shape index (κ2) is 6.87. The van der Waals surface area contributed by atoms with Crippen molar-refractivity contribution >= 4 is 11.6 Å².